The molecule has 2 aliphatic rings. The molecule has 3 heterocycles. The van der Waals surface area contributed by atoms with Crippen molar-refractivity contribution in [2.75, 3.05) is 13.2 Å². The van der Waals surface area contributed by atoms with Gasteiger partial charge in [-0.25, -0.2) is 28.8 Å². The highest BCUT2D eigenvalue weighted by Crippen LogP contribution is 2.33. The van der Waals surface area contributed by atoms with Crippen LogP contribution in [-0.4, -0.2) is 120 Å². The Morgan fingerprint density at radius 2 is 1.06 bits per heavy atom. The van der Waals surface area contributed by atoms with Crippen LogP contribution < -0.4 is 16.0 Å². The van der Waals surface area contributed by atoms with Gasteiger partial charge in [0.05, 0.1) is 28.9 Å². The predicted octanol–water partition coefficient (Wildman–Crippen LogP) is 1.40. The summed E-state index contributed by atoms with van der Waals surface area (Å²) in [5.74, 6) is -4.08. The smallest absolute Gasteiger partial charge is 0.425 e. The van der Waals surface area contributed by atoms with Gasteiger partial charge in [0.25, 0.3) is 5.56 Å². The normalized spacial score (nSPS) is 23.5. The largest absolute Gasteiger partial charge is 0.459 e. The van der Waals surface area contributed by atoms with Gasteiger partial charge in [-0.3, -0.25) is 18.5 Å². The van der Waals surface area contributed by atoms with Gasteiger partial charge in [0.2, 0.25) is 12.4 Å². The first-order valence-electron chi connectivity index (χ1n) is 20.0. The van der Waals surface area contributed by atoms with Gasteiger partial charge in [0, 0.05) is 12.3 Å². The molecule has 4 aromatic carbocycles. The number of carbonyl (C=O) groups is 5. The standard InChI is InChI=1S/C44H39N3O19S/c48-31-21-22-47(43(55)45-31)37-33(50)32(49)29(61-37)24-60-67(57,58)46-44(56)66-42-36(65-41(54)28-19-11-4-12-20-28)35(64-40(53)27-17-9-3-10-18-27)34(63-39(52)26-15-7-2-8-16-26)30(62-42)23-59-38(51)25-13-5-1-6-14-25/h1-22,29-30,32-37,42,49-50H,23-24H2,(H,46,56)(H,45,48,55)/t29-,30-,32-,33-,34-,35+,36-,37-,42-/m1/s1. The summed E-state index contributed by atoms with van der Waals surface area (Å²) in [5, 5.41) is 21.1. The Morgan fingerprint density at radius 3 is 1.57 bits per heavy atom. The van der Waals surface area contributed by atoms with Crippen LogP contribution in [0.15, 0.2) is 143 Å². The molecule has 2 fully saturated rings. The summed E-state index contributed by atoms with van der Waals surface area (Å²) in [4.78, 5) is 93.7. The summed E-state index contributed by atoms with van der Waals surface area (Å²) in [6.45, 7) is -1.86. The monoisotopic (exact) mass is 945 g/mol. The third kappa shape index (κ3) is 11.8. The van der Waals surface area contributed by atoms with Gasteiger partial charge in [-0.1, -0.05) is 72.8 Å². The van der Waals surface area contributed by atoms with E-state index in [-0.39, 0.29) is 22.3 Å². The number of esters is 4. The van der Waals surface area contributed by atoms with Crippen molar-refractivity contribution in [1.82, 2.24) is 14.3 Å². The number of benzene rings is 4. The van der Waals surface area contributed by atoms with Crippen molar-refractivity contribution < 1.29 is 79.9 Å². The number of hydrogen-bond donors (Lipinski definition) is 4. The number of aromatic amines is 1. The summed E-state index contributed by atoms with van der Waals surface area (Å²) in [6.07, 6.45) is -17.7. The molecular formula is C44H39N3O19S. The zero-order valence-electron chi connectivity index (χ0n) is 34.5. The summed E-state index contributed by atoms with van der Waals surface area (Å²) >= 11 is 0. The van der Waals surface area contributed by atoms with Crippen molar-refractivity contribution in [3.63, 3.8) is 0 Å². The number of rotatable bonds is 15. The van der Waals surface area contributed by atoms with Gasteiger partial charge in [-0.2, -0.15) is 13.1 Å². The molecule has 7 rings (SSSR count). The highest BCUT2D eigenvalue weighted by atomic mass is 32.2. The summed E-state index contributed by atoms with van der Waals surface area (Å²) in [5.41, 5.74) is -1.81. The Labute approximate surface area is 378 Å². The number of H-pyrrole nitrogens is 1. The Balaban J connectivity index is 1.18. The highest BCUT2D eigenvalue weighted by molar-refractivity contribution is 7.85. The van der Waals surface area contributed by atoms with E-state index in [2.05, 4.69) is 0 Å². The van der Waals surface area contributed by atoms with Gasteiger partial charge in [0.1, 0.15) is 31.0 Å². The third-order valence-corrected chi connectivity index (χ3v) is 10.9. The van der Waals surface area contributed by atoms with E-state index in [0.717, 1.165) is 16.8 Å². The average molecular weight is 946 g/mol. The number of ether oxygens (including phenoxy) is 7. The molecule has 1 amide bonds. The van der Waals surface area contributed by atoms with Gasteiger partial charge >= 0.3 is 46.0 Å². The second-order valence-electron chi connectivity index (χ2n) is 14.5. The minimum atomic E-state index is -5.23. The molecule has 0 aliphatic carbocycles. The summed E-state index contributed by atoms with van der Waals surface area (Å²) in [6, 6.07) is 30.8. The first-order valence-corrected chi connectivity index (χ1v) is 21.4. The predicted molar refractivity (Wildman–Crippen MR) is 224 cm³/mol. The van der Waals surface area contributed by atoms with Crippen molar-refractivity contribution in [2.24, 2.45) is 0 Å². The minimum absolute atomic E-state index is 0.00215. The Morgan fingerprint density at radius 1 is 0.582 bits per heavy atom. The van der Waals surface area contributed by atoms with E-state index in [1.165, 1.54) is 89.7 Å². The number of aromatic nitrogens is 2. The van der Waals surface area contributed by atoms with Crippen LogP contribution in [0.2, 0.25) is 0 Å². The van der Waals surface area contributed by atoms with E-state index in [1.807, 2.05) is 4.98 Å². The maximum absolute atomic E-state index is 13.8. The van der Waals surface area contributed by atoms with E-state index in [0.29, 0.717) is 0 Å². The third-order valence-electron chi connectivity index (χ3n) is 10.0. The Hall–Kier alpha value is -7.54. The lowest BCUT2D eigenvalue weighted by atomic mass is 9.97. The molecule has 1 aromatic heterocycles. The Kier molecular flexibility index (Phi) is 15.0. The van der Waals surface area contributed by atoms with Crippen LogP contribution in [0, 0.1) is 0 Å². The van der Waals surface area contributed by atoms with Crippen LogP contribution in [-0.2, 0) is 47.6 Å². The number of nitrogens with one attached hydrogen (secondary N) is 2. The number of nitrogens with zero attached hydrogens (tertiary/aromatic N) is 1. The molecule has 4 N–H and O–H groups in total. The molecule has 0 radical (unpaired) electrons. The lowest BCUT2D eigenvalue weighted by Crippen LogP contribution is -2.63. The molecule has 0 bridgehead atoms. The SMILES string of the molecule is O=C(NS(=O)(=O)OC[C@H]1O[C@@H](n2ccc(=O)[nH]c2=O)[C@H](O)[C@@H]1O)O[C@H]1O[C@H](COC(=O)c2ccccc2)[C@@H](OC(=O)c2ccccc2)[C@H](OC(=O)c2ccccc2)[C@H]1OC(=O)c1ccccc1. The van der Waals surface area contributed by atoms with Crippen LogP contribution in [0.4, 0.5) is 4.79 Å². The first-order chi connectivity index (χ1) is 32.2. The van der Waals surface area contributed by atoms with Crippen molar-refractivity contribution in [2.45, 2.75) is 55.2 Å². The van der Waals surface area contributed by atoms with Gasteiger partial charge in [-0.15, -0.1) is 0 Å². The minimum Gasteiger partial charge on any atom is -0.459 e. The second-order valence-corrected chi connectivity index (χ2v) is 15.9. The first kappa shape index (κ1) is 47.4. The molecule has 2 saturated heterocycles. The lowest BCUT2D eigenvalue weighted by Gasteiger charge is -2.43. The maximum atomic E-state index is 13.8. The lowest BCUT2D eigenvalue weighted by molar-refractivity contribution is -0.282. The van der Waals surface area contributed by atoms with E-state index >= 15 is 0 Å². The van der Waals surface area contributed by atoms with Gasteiger partial charge in [-0.05, 0) is 48.5 Å². The number of carbonyl (C=O) groups excluding carboxylic acids is 5. The highest BCUT2D eigenvalue weighted by Gasteiger charge is 2.55. The Bertz CT molecular complexity index is 2780. The van der Waals surface area contributed by atoms with Crippen LogP contribution in [0.25, 0.3) is 0 Å². The number of aliphatic hydroxyl groups excluding tert-OH is 2. The van der Waals surface area contributed by atoms with Crippen molar-refractivity contribution >= 4 is 40.3 Å². The molecule has 5 aromatic rings. The fourth-order valence-electron chi connectivity index (χ4n) is 6.76. The molecule has 67 heavy (non-hydrogen) atoms. The molecule has 9 atom stereocenters. The van der Waals surface area contributed by atoms with E-state index < -0.39 is 120 Å². The zero-order chi connectivity index (χ0) is 47.7. The molecule has 2 aliphatic heterocycles. The van der Waals surface area contributed by atoms with E-state index in [4.69, 9.17) is 37.3 Å². The zero-order valence-corrected chi connectivity index (χ0v) is 35.3. The molecule has 22 nitrogen and oxygen atoms in total. The molecule has 0 unspecified atom stereocenters. The molecule has 350 valence electrons. The number of hydrogen-bond acceptors (Lipinski definition) is 19. The van der Waals surface area contributed by atoms with Crippen LogP contribution in [0.5, 0.6) is 0 Å². The van der Waals surface area contributed by atoms with Crippen LogP contribution >= 0.6 is 0 Å². The fourth-order valence-corrected chi connectivity index (χ4v) is 7.39. The van der Waals surface area contributed by atoms with Gasteiger partial charge in [0.15, 0.2) is 18.4 Å². The van der Waals surface area contributed by atoms with Crippen molar-refractivity contribution in [3.05, 3.63) is 177 Å². The fraction of sp³-hybridized carbons (Fsp3) is 0.250. The van der Waals surface area contributed by atoms with Crippen molar-refractivity contribution in [1.29, 1.82) is 0 Å². The van der Waals surface area contributed by atoms with Gasteiger partial charge < -0.3 is 43.4 Å². The molecule has 0 spiro atoms. The second kappa shape index (κ2) is 21.2. The van der Waals surface area contributed by atoms with Crippen LogP contribution in [0.1, 0.15) is 47.7 Å². The molecular weight excluding hydrogens is 907 g/mol. The molecule has 23 heteroatoms. The van der Waals surface area contributed by atoms with E-state index in [9.17, 15) is 52.2 Å². The number of aliphatic hydroxyl groups is 2. The average Bonchev–Trinajstić information content (AvgIpc) is 3.61. The summed E-state index contributed by atoms with van der Waals surface area (Å²) in [7, 11) is -5.23. The van der Waals surface area contributed by atoms with Crippen LogP contribution in [0.3, 0.4) is 0 Å². The quantitative estimate of drug-likeness (QED) is 0.0852. The summed E-state index contributed by atoms with van der Waals surface area (Å²) < 4.78 is 73.3. The topological polar surface area (TPSA) is 301 Å². The number of amides is 1. The molecule has 0 saturated carbocycles. The van der Waals surface area contributed by atoms with E-state index in [1.54, 1.807) is 36.4 Å². The van der Waals surface area contributed by atoms with Crippen molar-refractivity contribution in [3.8, 4) is 0 Å². The maximum Gasteiger partial charge on any atom is 0.425 e.